The molecule has 0 aromatic heterocycles. The van der Waals surface area contributed by atoms with E-state index in [1.54, 1.807) is 48.5 Å². The van der Waals surface area contributed by atoms with Crippen molar-refractivity contribution in [3.8, 4) is 11.5 Å². The van der Waals surface area contributed by atoms with Gasteiger partial charge in [0.05, 0.1) is 0 Å². The molecule has 4 rings (SSSR count). The van der Waals surface area contributed by atoms with Crippen LogP contribution in [-0.2, 0) is 11.3 Å². The van der Waals surface area contributed by atoms with Crippen molar-refractivity contribution in [1.29, 1.82) is 0 Å². The summed E-state index contributed by atoms with van der Waals surface area (Å²) in [7, 11) is -3.75. The normalized spacial score (nSPS) is 14.9. The number of ether oxygens (including phenoxy) is 1. The molecule has 28 heavy (non-hydrogen) atoms. The van der Waals surface area contributed by atoms with E-state index in [1.807, 2.05) is 36.4 Å². The maximum absolute atomic E-state index is 13.5. The van der Waals surface area contributed by atoms with Crippen LogP contribution in [-0.4, -0.2) is 6.09 Å². The number of benzene rings is 3. The molecular formula is C21H18NO5P. The van der Waals surface area contributed by atoms with Gasteiger partial charge in [0, 0.05) is 5.56 Å². The fourth-order valence-corrected chi connectivity index (χ4v) is 4.75. The molecule has 0 fully saturated rings. The van der Waals surface area contributed by atoms with Crippen LogP contribution in [0, 0.1) is 0 Å². The van der Waals surface area contributed by atoms with E-state index in [0.29, 0.717) is 17.1 Å². The van der Waals surface area contributed by atoms with Crippen molar-refractivity contribution in [3.05, 3.63) is 96.1 Å². The van der Waals surface area contributed by atoms with Gasteiger partial charge in [-0.15, -0.1) is 0 Å². The molecule has 1 heterocycles. The molecule has 0 saturated carbocycles. The van der Waals surface area contributed by atoms with Crippen LogP contribution < -0.4 is 19.3 Å². The van der Waals surface area contributed by atoms with Crippen molar-refractivity contribution in [2.45, 2.75) is 12.4 Å². The Bertz CT molecular complexity index is 926. The second-order valence-corrected chi connectivity index (χ2v) is 8.15. The van der Waals surface area contributed by atoms with Gasteiger partial charge in [-0.3, -0.25) is 5.32 Å². The van der Waals surface area contributed by atoms with E-state index in [1.165, 1.54) is 0 Å². The van der Waals surface area contributed by atoms with E-state index in [0.717, 1.165) is 5.56 Å². The Balaban J connectivity index is 1.53. The molecule has 7 heteroatoms. The summed E-state index contributed by atoms with van der Waals surface area (Å²) in [5.41, 5.74) is 1.44. The summed E-state index contributed by atoms with van der Waals surface area (Å²) >= 11 is 0. The zero-order valence-corrected chi connectivity index (χ0v) is 15.8. The SMILES string of the molecule is O=C(NC(c1ccccc1)[P+]1([O-])Oc2ccccc2O1)OCc1ccccc1. The van der Waals surface area contributed by atoms with E-state index < -0.39 is 19.8 Å². The molecule has 1 atom stereocenters. The molecule has 1 unspecified atom stereocenters. The maximum atomic E-state index is 13.5. The molecule has 0 spiro atoms. The van der Waals surface area contributed by atoms with Gasteiger partial charge in [0.2, 0.25) is 17.3 Å². The van der Waals surface area contributed by atoms with Crippen LogP contribution in [0.5, 0.6) is 11.5 Å². The molecule has 142 valence electrons. The third kappa shape index (κ3) is 3.93. The molecule has 1 aliphatic heterocycles. The molecule has 1 N–H and O–H groups in total. The lowest BCUT2D eigenvalue weighted by Gasteiger charge is -2.29. The second-order valence-electron chi connectivity index (χ2n) is 6.19. The van der Waals surface area contributed by atoms with E-state index in [-0.39, 0.29) is 6.61 Å². The van der Waals surface area contributed by atoms with Gasteiger partial charge in [0.1, 0.15) is 6.61 Å². The second kappa shape index (κ2) is 7.89. The molecule has 0 aliphatic carbocycles. The van der Waals surface area contributed by atoms with Crippen LogP contribution in [0.25, 0.3) is 0 Å². The number of fused-ring (bicyclic) bond motifs is 1. The van der Waals surface area contributed by atoms with Crippen LogP contribution in [0.1, 0.15) is 16.9 Å². The van der Waals surface area contributed by atoms with Gasteiger partial charge in [-0.2, -0.15) is 0 Å². The summed E-state index contributed by atoms with van der Waals surface area (Å²) in [5, 5.41) is 2.65. The number of carbonyl (C=O) groups is 1. The summed E-state index contributed by atoms with van der Waals surface area (Å²) in [6.45, 7) is 0.0976. The van der Waals surface area contributed by atoms with Gasteiger partial charge in [-0.1, -0.05) is 72.8 Å². The Morgan fingerprint density at radius 3 is 2.04 bits per heavy atom. The Kier molecular flexibility index (Phi) is 5.15. The predicted octanol–water partition coefficient (Wildman–Crippen LogP) is 4.21. The van der Waals surface area contributed by atoms with Gasteiger partial charge >= 0.3 is 14.0 Å². The number of amides is 1. The van der Waals surface area contributed by atoms with E-state index >= 15 is 0 Å². The monoisotopic (exact) mass is 395 g/mol. The average molecular weight is 395 g/mol. The Hall–Kier alpha value is -3.08. The predicted molar refractivity (Wildman–Crippen MR) is 104 cm³/mol. The number of hydrogen-bond acceptors (Lipinski definition) is 5. The number of alkyl carbamates (subject to hydrolysis) is 1. The standard InChI is InChI=1S/C21H18NO5P/c23-21(25-15-16-9-3-1-4-10-16)22-20(17-11-5-2-6-12-17)28(24)26-18-13-7-8-14-19(18)27-28/h1-14,20H,15H2,(H,22,23). The van der Waals surface area contributed by atoms with E-state index in [9.17, 15) is 9.69 Å². The highest BCUT2D eigenvalue weighted by Crippen LogP contribution is 2.68. The lowest BCUT2D eigenvalue weighted by molar-refractivity contribution is -0.203. The van der Waals surface area contributed by atoms with Gasteiger partial charge in [0.15, 0.2) is 0 Å². The maximum Gasteiger partial charge on any atom is 0.410 e. The number of nitrogens with one attached hydrogen (secondary N) is 1. The van der Waals surface area contributed by atoms with Crippen molar-refractivity contribution in [3.63, 3.8) is 0 Å². The zero-order valence-electron chi connectivity index (χ0n) is 14.9. The number of hydrogen-bond donors (Lipinski definition) is 1. The van der Waals surface area contributed by atoms with Crippen molar-refractivity contribution < 1.29 is 23.5 Å². The van der Waals surface area contributed by atoms with Gasteiger partial charge in [-0.25, -0.2) is 4.79 Å². The van der Waals surface area contributed by atoms with Crippen LogP contribution in [0.2, 0.25) is 0 Å². The van der Waals surface area contributed by atoms with Gasteiger partial charge < -0.3 is 18.7 Å². The van der Waals surface area contributed by atoms with Crippen molar-refractivity contribution in [1.82, 2.24) is 5.32 Å². The van der Waals surface area contributed by atoms with E-state index in [2.05, 4.69) is 5.32 Å². The first-order valence-electron chi connectivity index (χ1n) is 8.74. The fraction of sp³-hybridized carbons (Fsp3) is 0.0952. The summed E-state index contributed by atoms with van der Waals surface area (Å²) in [4.78, 5) is 25.9. The number of rotatable bonds is 5. The minimum Gasteiger partial charge on any atom is -0.615 e. The molecule has 1 amide bonds. The minimum absolute atomic E-state index is 0.0976. The van der Waals surface area contributed by atoms with Crippen LogP contribution in [0.3, 0.4) is 0 Å². The third-order valence-electron chi connectivity index (χ3n) is 4.20. The molecule has 3 aromatic carbocycles. The largest absolute Gasteiger partial charge is 0.615 e. The lowest BCUT2D eigenvalue weighted by atomic mass is 10.2. The Morgan fingerprint density at radius 1 is 0.893 bits per heavy atom. The first-order valence-corrected chi connectivity index (χ1v) is 10.4. The first-order chi connectivity index (χ1) is 13.6. The van der Waals surface area contributed by atoms with Gasteiger partial charge in [-0.05, 0) is 17.7 Å². The van der Waals surface area contributed by atoms with Crippen LogP contribution >= 0.6 is 7.94 Å². The highest BCUT2D eigenvalue weighted by atomic mass is 31.2. The molecular weight excluding hydrogens is 377 g/mol. The lowest BCUT2D eigenvalue weighted by Crippen LogP contribution is -2.36. The Labute approximate surface area is 163 Å². The highest BCUT2D eigenvalue weighted by Gasteiger charge is 2.51. The fourth-order valence-electron chi connectivity index (χ4n) is 2.86. The third-order valence-corrected chi connectivity index (χ3v) is 6.16. The minimum atomic E-state index is -3.75. The molecule has 1 aliphatic rings. The van der Waals surface area contributed by atoms with Crippen molar-refractivity contribution >= 4 is 14.0 Å². The highest BCUT2D eigenvalue weighted by molar-refractivity contribution is 7.60. The summed E-state index contributed by atoms with van der Waals surface area (Å²) in [6.07, 6.45) is -0.712. The molecule has 0 saturated heterocycles. The first kappa shape index (κ1) is 18.3. The quantitative estimate of drug-likeness (QED) is 0.655. The summed E-state index contributed by atoms with van der Waals surface area (Å²) in [6, 6.07) is 25.1. The number of carbonyl (C=O) groups excluding carboxylic acids is 1. The van der Waals surface area contributed by atoms with Crippen LogP contribution in [0.15, 0.2) is 84.9 Å². The summed E-state index contributed by atoms with van der Waals surface area (Å²) < 4.78 is 16.6. The number of para-hydroxylation sites is 2. The molecule has 3 aromatic rings. The Morgan fingerprint density at radius 2 is 1.43 bits per heavy atom. The topological polar surface area (TPSA) is 79.9 Å². The van der Waals surface area contributed by atoms with Crippen molar-refractivity contribution in [2.24, 2.45) is 0 Å². The zero-order chi connectivity index (χ0) is 19.4. The average Bonchev–Trinajstić information content (AvgIpc) is 3.09. The molecule has 6 nitrogen and oxygen atoms in total. The van der Waals surface area contributed by atoms with Crippen molar-refractivity contribution in [2.75, 3.05) is 0 Å². The smallest absolute Gasteiger partial charge is 0.410 e. The molecule has 0 bridgehead atoms. The van der Waals surface area contributed by atoms with Gasteiger partial charge in [0.25, 0.3) is 0 Å². The van der Waals surface area contributed by atoms with E-state index in [4.69, 9.17) is 13.8 Å². The van der Waals surface area contributed by atoms with Crippen LogP contribution in [0.4, 0.5) is 4.79 Å². The molecule has 0 radical (unpaired) electrons. The summed E-state index contributed by atoms with van der Waals surface area (Å²) in [5.74, 6) is -0.248.